The minimum atomic E-state index is -4.65. The lowest BCUT2D eigenvalue weighted by atomic mass is 10.2. The molecule has 0 radical (unpaired) electrons. The van der Waals surface area contributed by atoms with Gasteiger partial charge in [-0.3, -0.25) is 0 Å². The molecule has 0 aliphatic rings. The molecule has 1 atom stereocenters. The van der Waals surface area contributed by atoms with E-state index in [2.05, 4.69) is 0 Å². The summed E-state index contributed by atoms with van der Waals surface area (Å²) in [6.45, 7) is 0.736. The SMILES string of the molecule is OC(c1ccn(CCOc2ccccc2)c1)C(F)(F)F. The van der Waals surface area contributed by atoms with Crippen LogP contribution in [0.1, 0.15) is 11.7 Å². The Labute approximate surface area is 114 Å². The van der Waals surface area contributed by atoms with Crippen LogP contribution in [0.25, 0.3) is 0 Å². The second kappa shape index (κ2) is 6.00. The molecule has 6 heteroatoms. The molecular weight excluding hydrogens is 271 g/mol. The summed E-state index contributed by atoms with van der Waals surface area (Å²) < 4.78 is 44.0. The van der Waals surface area contributed by atoms with Crippen LogP contribution in [0, 0.1) is 0 Å². The molecule has 0 bridgehead atoms. The predicted molar refractivity (Wildman–Crippen MR) is 67.4 cm³/mol. The Morgan fingerprint density at radius 3 is 2.50 bits per heavy atom. The largest absolute Gasteiger partial charge is 0.492 e. The smallest absolute Gasteiger partial charge is 0.418 e. The first-order valence-corrected chi connectivity index (χ1v) is 6.05. The first kappa shape index (κ1) is 14.5. The Kier molecular flexibility index (Phi) is 4.34. The van der Waals surface area contributed by atoms with Gasteiger partial charge in [0, 0.05) is 18.0 Å². The maximum absolute atomic E-state index is 12.3. The van der Waals surface area contributed by atoms with Crippen molar-refractivity contribution in [3.05, 3.63) is 54.4 Å². The molecule has 2 rings (SSSR count). The van der Waals surface area contributed by atoms with Gasteiger partial charge in [-0.05, 0) is 18.2 Å². The van der Waals surface area contributed by atoms with Crippen LogP contribution < -0.4 is 4.74 Å². The van der Waals surface area contributed by atoms with E-state index < -0.39 is 12.3 Å². The molecule has 0 saturated carbocycles. The summed E-state index contributed by atoms with van der Waals surface area (Å²) in [5.74, 6) is 0.704. The number of aliphatic hydroxyl groups is 1. The van der Waals surface area contributed by atoms with Gasteiger partial charge in [0.2, 0.25) is 0 Å². The molecule has 1 aromatic carbocycles. The molecule has 1 aromatic heterocycles. The fourth-order valence-electron chi connectivity index (χ4n) is 1.73. The summed E-state index contributed by atoms with van der Waals surface area (Å²) in [7, 11) is 0. The Hall–Kier alpha value is -1.95. The van der Waals surface area contributed by atoms with E-state index >= 15 is 0 Å². The monoisotopic (exact) mass is 285 g/mol. The van der Waals surface area contributed by atoms with Gasteiger partial charge in [-0.15, -0.1) is 0 Å². The van der Waals surface area contributed by atoms with Crippen LogP contribution in [0.5, 0.6) is 5.75 Å². The number of nitrogens with zero attached hydrogens (tertiary/aromatic N) is 1. The highest BCUT2D eigenvalue weighted by molar-refractivity contribution is 5.21. The first-order valence-electron chi connectivity index (χ1n) is 6.05. The van der Waals surface area contributed by atoms with E-state index in [1.807, 2.05) is 18.2 Å². The number of para-hydroxylation sites is 1. The molecular formula is C14H14F3NO2. The normalized spacial score (nSPS) is 13.2. The van der Waals surface area contributed by atoms with Crippen LogP contribution >= 0.6 is 0 Å². The summed E-state index contributed by atoms with van der Waals surface area (Å²) in [6, 6.07) is 10.4. The zero-order valence-electron chi connectivity index (χ0n) is 10.5. The fraction of sp³-hybridized carbons (Fsp3) is 0.286. The summed E-state index contributed by atoms with van der Waals surface area (Å²) in [4.78, 5) is 0. The summed E-state index contributed by atoms with van der Waals surface area (Å²) in [5.41, 5.74) is -0.169. The molecule has 20 heavy (non-hydrogen) atoms. The average molecular weight is 285 g/mol. The van der Waals surface area contributed by atoms with Crippen molar-refractivity contribution in [1.29, 1.82) is 0 Å². The van der Waals surface area contributed by atoms with E-state index in [4.69, 9.17) is 9.84 Å². The van der Waals surface area contributed by atoms with Crippen molar-refractivity contribution >= 4 is 0 Å². The van der Waals surface area contributed by atoms with Gasteiger partial charge >= 0.3 is 6.18 Å². The number of ether oxygens (including phenoxy) is 1. The van der Waals surface area contributed by atoms with E-state index in [0.29, 0.717) is 18.9 Å². The molecule has 0 fully saturated rings. The van der Waals surface area contributed by atoms with E-state index in [-0.39, 0.29) is 5.56 Å². The van der Waals surface area contributed by atoms with Crippen LogP contribution in [0.3, 0.4) is 0 Å². The topological polar surface area (TPSA) is 34.4 Å². The molecule has 0 saturated heterocycles. The lowest BCUT2D eigenvalue weighted by molar-refractivity contribution is -0.206. The Morgan fingerprint density at radius 1 is 1.15 bits per heavy atom. The van der Waals surface area contributed by atoms with E-state index in [1.165, 1.54) is 18.5 Å². The van der Waals surface area contributed by atoms with Crippen molar-refractivity contribution in [3.63, 3.8) is 0 Å². The maximum atomic E-state index is 12.3. The minimum Gasteiger partial charge on any atom is -0.492 e. The second-order valence-electron chi connectivity index (χ2n) is 4.29. The second-order valence-corrected chi connectivity index (χ2v) is 4.29. The molecule has 0 aliphatic carbocycles. The molecule has 0 amide bonds. The van der Waals surface area contributed by atoms with Gasteiger partial charge in [0.1, 0.15) is 12.4 Å². The number of alkyl halides is 3. The van der Waals surface area contributed by atoms with E-state index in [1.54, 1.807) is 16.7 Å². The summed E-state index contributed by atoms with van der Waals surface area (Å²) in [6.07, 6.45) is -4.34. The number of benzene rings is 1. The Balaban J connectivity index is 1.87. The summed E-state index contributed by atoms with van der Waals surface area (Å²) in [5, 5.41) is 9.10. The van der Waals surface area contributed by atoms with Crippen molar-refractivity contribution in [2.24, 2.45) is 0 Å². The van der Waals surface area contributed by atoms with Crippen LogP contribution in [0.4, 0.5) is 13.2 Å². The number of hydrogen-bond donors (Lipinski definition) is 1. The van der Waals surface area contributed by atoms with Crippen LogP contribution in [-0.4, -0.2) is 22.5 Å². The molecule has 1 unspecified atom stereocenters. The molecule has 1 N–H and O–H groups in total. The van der Waals surface area contributed by atoms with Crippen LogP contribution in [0.15, 0.2) is 48.8 Å². The highest BCUT2D eigenvalue weighted by Crippen LogP contribution is 2.32. The molecule has 0 spiro atoms. The van der Waals surface area contributed by atoms with Gasteiger partial charge in [0.05, 0.1) is 6.54 Å². The zero-order valence-corrected chi connectivity index (χ0v) is 10.5. The van der Waals surface area contributed by atoms with Crippen molar-refractivity contribution in [1.82, 2.24) is 4.57 Å². The predicted octanol–water partition coefficient (Wildman–Crippen LogP) is 3.16. The van der Waals surface area contributed by atoms with Gasteiger partial charge in [0.25, 0.3) is 0 Å². The van der Waals surface area contributed by atoms with Crippen molar-refractivity contribution in [3.8, 4) is 5.75 Å². The number of halogens is 3. The van der Waals surface area contributed by atoms with E-state index in [0.717, 1.165) is 0 Å². The molecule has 3 nitrogen and oxygen atoms in total. The number of hydrogen-bond acceptors (Lipinski definition) is 2. The van der Waals surface area contributed by atoms with Gasteiger partial charge in [-0.1, -0.05) is 18.2 Å². The third kappa shape index (κ3) is 3.77. The number of aromatic nitrogens is 1. The quantitative estimate of drug-likeness (QED) is 0.915. The van der Waals surface area contributed by atoms with Crippen LogP contribution in [-0.2, 0) is 6.54 Å². The number of rotatable bonds is 5. The minimum absolute atomic E-state index is 0.169. The fourth-order valence-corrected chi connectivity index (χ4v) is 1.73. The van der Waals surface area contributed by atoms with Crippen LogP contribution in [0.2, 0.25) is 0 Å². The Morgan fingerprint density at radius 2 is 1.85 bits per heavy atom. The standard InChI is InChI=1S/C14H14F3NO2/c15-14(16,17)13(19)11-6-7-18(10-11)8-9-20-12-4-2-1-3-5-12/h1-7,10,13,19H,8-9H2. The third-order valence-corrected chi connectivity index (χ3v) is 2.76. The molecule has 1 heterocycles. The van der Waals surface area contributed by atoms with Gasteiger partial charge in [0.15, 0.2) is 6.10 Å². The molecule has 0 aliphatic heterocycles. The number of aliphatic hydroxyl groups excluding tert-OH is 1. The van der Waals surface area contributed by atoms with Gasteiger partial charge in [-0.2, -0.15) is 13.2 Å². The van der Waals surface area contributed by atoms with Crippen molar-refractivity contribution in [2.75, 3.05) is 6.61 Å². The Bertz CT molecular complexity index is 537. The molecule has 2 aromatic rings. The maximum Gasteiger partial charge on any atom is 0.418 e. The lowest BCUT2D eigenvalue weighted by Gasteiger charge is -2.12. The first-order chi connectivity index (χ1) is 9.47. The van der Waals surface area contributed by atoms with Gasteiger partial charge < -0.3 is 14.4 Å². The zero-order chi connectivity index (χ0) is 14.6. The molecule has 108 valence electrons. The third-order valence-electron chi connectivity index (χ3n) is 2.76. The van der Waals surface area contributed by atoms with E-state index in [9.17, 15) is 13.2 Å². The highest BCUT2D eigenvalue weighted by atomic mass is 19.4. The lowest BCUT2D eigenvalue weighted by Crippen LogP contribution is -2.19. The summed E-state index contributed by atoms with van der Waals surface area (Å²) >= 11 is 0. The average Bonchev–Trinajstić information content (AvgIpc) is 2.87. The highest BCUT2D eigenvalue weighted by Gasteiger charge is 2.39. The van der Waals surface area contributed by atoms with Crippen molar-refractivity contribution in [2.45, 2.75) is 18.8 Å². The van der Waals surface area contributed by atoms with Crippen molar-refractivity contribution < 1.29 is 23.0 Å². The van der Waals surface area contributed by atoms with Gasteiger partial charge in [-0.25, -0.2) is 0 Å².